The molecular weight excluding hydrogens is 94.1 g/mol. The lowest BCUT2D eigenvalue weighted by Crippen LogP contribution is -2.05. The average Bonchev–Trinajstić information content (AvgIpc) is 1.86. The highest BCUT2D eigenvalue weighted by Gasteiger charge is 2.07. The highest BCUT2D eigenvalue weighted by Crippen LogP contribution is 2.12. The highest BCUT2D eigenvalue weighted by molar-refractivity contribution is 8.00. The van der Waals surface area contributed by atoms with Crippen molar-refractivity contribution in [1.82, 2.24) is 5.32 Å². The van der Waals surface area contributed by atoms with Gasteiger partial charge in [-0.1, -0.05) is 0 Å². The summed E-state index contributed by atoms with van der Waals surface area (Å²) in [5.74, 6) is 1.24. The molecule has 1 aliphatic rings. The lowest BCUT2D eigenvalue weighted by atomic mass is 10.7. The zero-order chi connectivity index (χ0) is 4.41. The molecule has 1 heterocycles. The summed E-state index contributed by atoms with van der Waals surface area (Å²) in [7, 11) is 0. The summed E-state index contributed by atoms with van der Waals surface area (Å²) in [5.41, 5.74) is 0. The Labute approximate surface area is 42.5 Å². The maximum atomic E-state index is 4.20. The van der Waals surface area contributed by atoms with Crippen LogP contribution in [0.3, 0.4) is 0 Å². The summed E-state index contributed by atoms with van der Waals surface area (Å²) >= 11 is 1.93. The van der Waals surface area contributed by atoms with Crippen molar-refractivity contribution in [3.05, 3.63) is 0 Å². The van der Waals surface area contributed by atoms with Gasteiger partial charge in [0.15, 0.2) is 0 Å². The second-order valence-corrected chi connectivity index (χ2v) is 2.80. The fourth-order valence-electron chi connectivity index (χ4n) is 0.510. The van der Waals surface area contributed by atoms with E-state index in [2.05, 4.69) is 12.2 Å². The summed E-state index contributed by atoms with van der Waals surface area (Å²) in [5, 5.41) is 4.79. The Morgan fingerprint density at radius 2 is 2.67 bits per heavy atom. The fourth-order valence-corrected chi connectivity index (χ4v) is 1.27. The van der Waals surface area contributed by atoms with Crippen LogP contribution in [0.1, 0.15) is 6.92 Å². The van der Waals surface area contributed by atoms with Gasteiger partial charge in [0.2, 0.25) is 0 Å². The van der Waals surface area contributed by atoms with Crippen LogP contribution >= 0.6 is 11.8 Å². The zero-order valence-electron chi connectivity index (χ0n) is 3.85. The van der Waals surface area contributed by atoms with Crippen molar-refractivity contribution in [2.24, 2.45) is 0 Å². The maximum Gasteiger partial charge on any atom is 0.0671 e. The molecule has 0 bridgehead atoms. The molecule has 2 heteroatoms. The minimum absolute atomic E-state index is 0.588. The van der Waals surface area contributed by atoms with Crippen LogP contribution in [-0.2, 0) is 0 Å². The molecule has 1 fully saturated rings. The Bertz CT molecular complexity index is 40.8. The zero-order valence-corrected chi connectivity index (χ0v) is 4.66. The van der Waals surface area contributed by atoms with Crippen LogP contribution in [0.15, 0.2) is 0 Å². The van der Waals surface area contributed by atoms with E-state index in [9.17, 15) is 0 Å². The molecule has 1 atom stereocenters. The minimum atomic E-state index is 0.588. The number of hydrogen-bond donors (Lipinski definition) is 0. The normalized spacial score (nSPS) is 34.5. The first-order valence-corrected chi connectivity index (χ1v) is 3.22. The van der Waals surface area contributed by atoms with Gasteiger partial charge in [-0.05, 0) is 6.92 Å². The van der Waals surface area contributed by atoms with E-state index in [0.717, 1.165) is 6.54 Å². The molecule has 0 aromatic heterocycles. The summed E-state index contributed by atoms with van der Waals surface area (Å²) in [6, 6.07) is 0. The Hall–Kier alpha value is 0.310. The van der Waals surface area contributed by atoms with E-state index in [4.69, 9.17) is 0 Å². The molecular formula is C4H8NS. The first-order valence-electron chi connectivity index (χ1n) is 2.18. The molecule has 1 rings (SSSR count). The van der Waals surface area contributed by atoms with Crippen molar-refractivity contribution in [2.75, 3.05) is 12.3 Å². The van der Waals surface area contributed by atoms with Gasteiger partial charge in [0.1, 0.15) is 0 Å². The van der Waals surface area contributed by atoms with Gasteiger partial charge in [-0.25, -0.2) is 5.32 Å². The van der Waals surface area contributed by atoms with Gasteiger partial charge >= 0.3 is 0 Å². The Morgan fingerprint density at radius 3 is 2.83 bits per heavy atom. The summed E-state index contributed by atoms with van der Waals surface area (Å²) in [4.78, 5) is 0. The van der Waals surface area contributed by atoms with Crippen LogP contribution in [0, 0.1) is 0 Å². The van der Waals surface area contributed by atoms with Crippen LogP contribution in [-0.4, -0.2) is 17.7 Å². The molecule has 0 aromatic carbocycles. The molecule has 1 unspecified atom stereocenters. The molecule has 1 radical (unpaired) electrons. The van der Waals surface area contributed by atoms with Crippen LogP contribution in [0.4, 0.5) is 0 Å². The Morgan fingerprint density at radius 1 is 1.83 bits per heavy atom. The number of hydrogen-bond acceptors (Lipinski definition) is 1. The molecule has 1 aliphatic heterocycles. The average molecular weight is 102 g/mol. The Kier molecular flexibility index (Phi) is 1.37. The lowest BCUT2D eigenvalue weighted by Gasteiger charge is -1.91. The first kappa shape index (κ1) is 4.47. The topological polar surface area (TPSA) is 14.1 Å². The molecule has 0 saturated carbocycles. The predicted octanol–water partition coefficient (Wildman–Crippen LogP) is 0.684. The standard InChI is InChI=1S/C4H8NS/c1-4-5-2-3-6-4/h4H,2-3H2,1H3. The second kappa shape index (κ2) is 1.85. The van der Waals surface area contributed by atoms with Gasteiger partial charge in [-0.15, -0.1) is 11.8 Å². The van der Waals surface area contributed by atoms with E-state index in [1.165, 1.54) is 5.75 Å². The van der Waals surface area contributed by atoms with Gasteiger partial charge < -0.3 is 0 Å². The summed E-state index contributed by atoms with van der Waals surface area (Å²) < 4.78 is 0. The molecule has 1 saturated heterocycles. The fraction of sp³-hybridized carbons (Fsp3) is 1.00. The SMILES string of the molecule is CC1[N]CCS1. The first-order chi connectivity index (χ1) is 2.89. The van der Waals surface area contributed by atoms with Crippen molar-refractivity contribution in [3.63, 3.8) is 0 Å². The van der Waals surface area contributed by atoms with Gasteiger partial charge in [-0.3, -0.25) is 0 Å². The third-order valence-corrected chi connectivity index (χ3v) is 1.89. The van der Waals surface area contributed by atoms with Gasteiger partial charge in [0, 0.05) is 12.3 Å². The van der Waals surface area contributed by atoms with Crippen LogP contribution < -0.4 is 5.32 Å². The van der Waals surface area contributed by atoms with Crippen molar-refractivity contribution < 1.29 is 0 Å². The molecule has 0 aromatic rings. The van der Waals surface area contributed by atoms with Crippen molar-refractivity contribution in [2.45, 2.75) is 12.3 Å². The van der Waals surface area contributed by atoms with E-state index in [1.54, 1.807) is 0 Å². The molecule has 35 valence electrons. The van der Waals surface area contributed by atoms with Gasteiger partial charge in [0.25, 0.3) is 0 Å². The summed E-state index contributed by atoms with van der Waals surface area (Å²) in [6.45, 7) is 3.21. The molecule has 6 heavy (non-hydrogen) atoms. The quantitative estimate of drug-likeness (QED) is 0.439. The smallest absolute Gasteiger partial charge is 0.0671 e. The van der Waals surface area contributed by atoms with Crippen molar-refractivity contribution >= 4 is 11.8 Å². The van der Waals surface area contributed by atoms with Gasteiger partial charge in [0.05, 0.1) is 5.37 Å². The molecule has 0 amide bonds. The van der Waals surface area contributed by atoms with E-state index >= 15 is 0 Å². The number of rotatable bonds is 0. The van der Waals surface area contributed by atoms with Crippen LogP contribution in [0.25, 0.3) is 0 Å². The predicted molar refractivity (Wildman–Crippen MR) is 28.9 cm³/mol. The monoisotopic (exact) mass is 102 g/mol. The van der Waals surface area contributed by atoms with E-state index < -0.39 is 0 Å². The van der Waals surface area contributed by atoms with Crippen molar-refractivity contribution in [1.29, 1.82) is 0 Å². The largest absolute Gasteiger partial charge is 0.227 e. The van der Waals surface area contributed by atoms with Crippen LogP contribution in [0.5, 0.6) is 0 Å². The maximum absolute atomic E-state index is 4.20. The number of thioether (sulfide) groups is 1. The summed E-state index contributed by atoms with van der Waals surface area (Å²) in [6.07, 6.45) is 0. The third-order valence-electron chi connectivity index (χ3n) is 0.837. The van der Waals surface area contributed by atoms with Gasteiger partial charge in [-0.2, -0.15) is 0 Å². The second-order valence-electron chi connectivity index (χ2n) is 1.38. The highest BCUT2D eigenvalue weighted by atomic mass is 32.2. The number of nitrogens with zero attached hydrogens (tertiary/aromatic N) is 1. The molecule has 0 N–H and O–H groups in total. The van der Waals surface area contributed by atoms with E-state index in [-0.39, 0.29) is 0 Å². The minimum Gasteiger partial charge on any atom is -0.227 e. The molecule has 1 nitrogen and oxygen atoms in total. The van der Waals surface area contributed by atoms with Crippen LogP contribution in [0.2, 0.25) is 0 Å². The van der Waals surface area contributed by atoms with E-state index in [0.29, 0.717) is 5.37 Å². The molecule has 0 aliphatic carbocycles. The van der Waals surface area contributed by atoms with E-state index in [1.807, 2.05) is 11.8 Å². The molecule has 0 spiro atoms. The Balaban J connectivity index is 2.18. The van der Waals surface area contributed by atoms with Crippen molar-refractivity contribution in [3.8, 4) is 0 Å². The third kappa shape index (κ3) is 0.884. The lowest BCUT2D eigenvalue weighted by molar-refractivity contribution is 0.744.